The number of allylic oxidation sites excluding steroid dienone is 3. The van der Waals surface area contributed by atoms with E-state index in [4.69, 9.17) is 0 Å². The predicted octanol–water partition coefficient (Wildman–Crippen LogP) is 1.93. The van der Waals surface area contributed by atoms with E-state index in [9.17, 15) is 9.59 Å². The zero-order valence-electron chi connectivity index (χ0n) is 12.0. The Morgan fingerprint density at radius 2 is 1.78 bits per heavy atom. The molecule has 1 atom stereocenters. The predicted molar refractivity (Wildman–Crippen MR) is 74.1 cm³/mol. The van der Waals surface area contributed by atoms with E-state index in [1.54, 1.807) is 6.92 Å². The fraction of sp³-hybridized carbons (Fsp3) is 0.571. The van der Waals surface area contributed by atoms with Gasteiger partial charge in [0.15, 0.2) is 5.78 Å². The van der Waals surface area contributed by atoms with Gasteiger partial charge in [0.2, 0.25) is 5.91 Å². The minimum absolute atomic E-state index is 0.0572. The Hall–Kier alpha value is -1.58. The summed E-state index contributed by atoms with van der Waals surface area (Å²) in [4.78, 5) is 22.7. The van der Waals surface area contributed by atoms with Crippen molar-refractivity contribution in [3.63, 3.8) is 0 Å². The van der Waals surface area contributed by atoms with Crippen LogP contribution in [0.5, 0.6) is 0 Å². The summed E-state index contributed by atoms with van der Waals surface area (Å²) in [6.07, 6.45) is 4.97. The van der Waals surface area contributed by atoms with Gasteiger partial charge in [-0.15, -0.1) is 0 Å². The third kappa shape index (κ3) is 6.89. The molecule has 0 radical (unpaired) electrons. The highest BCUT2D eigenvalue weighted by atomic mass is 16.2. The van der Waals surface area contributed by atoms with Gasteiger partial charge in [-0.1, -0.05) is 5.57 Å². The molecule has 1 amide bonds. The first-order valence-corrected chi connectivity index (χ1v) is 6.18. The van der Waals surface area contributed by atoms with Crippen LogP contribution in [0.4, 0.5) is 0 Å². The number of amides is 1. The molecule has 0 aliphatic rings. The van der Waals surface area contributed by atoms with E-state index in [2.05, 4.69) is 10.6 Å². The Morgan fingerprint density at radius 3 is 2.22 bits per heavy atom. The van der Waals surface area contributed by atoms with Gasteiger partial charge >= 0.3 is 0 Å². The van der Waals surface area contributed by atoms with Crippen LogP contribution in [0.25, 0.3) is 0 Å². The zero-order chi connectivity index (χ0) is 14.1. The molecule has 0 aliphatic heterocycles. The van der Waals surface area contributed by atoms with Gasteiger partial charge in [0.05, 0.1) is 6.04 Å². The van der Waals surface area contributed by atoms with Crippen LogP contribution in [-0.4, -0.2) is 24.8 Å². The number of Topliss-reactive ketones (excluding diaryl/α,β-unsaturated/α-hetero) is 1. The topological polar surface area (TPSA) is 58.2 Å². The standard InChI is InChI=1S/C14H24N2O2/c1-10(2)13(8-9-15-5)6-7-14(18)11(3)16-12(4)17/h8-9,11,15H,6-7H2,1-5H3,(H,16,17)/b9-8-/t11-/m0/s1. The highest BCUT2D eigenvalue weighted by molar-refractivity contribution is 5.88. The lowest BCUT2D eigenvalue weighted by Crippen LogP contribution is -2.36. The highest BCUT2D eigenvalue weighted by Crippen LogP contribution is 2.13. The van der Waals surface area contributed by atoms with Gasteiger partial charge < -0.3 is 10.6 Å². The first-order chi connectivity index (χ1) is 8.38. The second kappa shape index (κ2) is 8.50. The van der Waals surface area contributed by atoms with Crippen molar-refractivity contribution in [1.29, 1.82) is 0 Å². The summed E-state index contributed by atoms with van der Waals surface area (Å²) in [6.45, 7) is 7.18. The monoisotopic (exact) mass is 252 g/mol. The Balaban J connectivity index is 4.37. The number of hydrogen-bond donors (Lipinski definition) is 2. The summed E-state index contributed by atoms with van der Waals surface area (Å²) in [5.41, 5.74) is 2.34. The molecule has 0 aromatic heterocycles. The van der Waals surface area contributed by atoms with Crippen LogP contribution in [0, 0.1) is 0 Å². The van der Waals surface area contributed by atoms with Crippen LogP contribution < -0.4 is 10.6 Å². The Morgan fingerprint density at radius 1 is 1.17 bits per heavy atom. The maximum Gasteiger partial charge on any atom is 0.217 e. The fourth-order valence-corrected chi connectivity index (χ4v) is 1.54. The molecule has 0 heterocycles. The Labute approximate surface area is 110 Å². The van der Waals surface area contributed by atoms with Gasteiger partial charge in [-0.25, -0.2) is 0 Å². The van der Waals surface area contributed by atoms with Gasteiger partial charge in [0.1, 0.15) is 0 Å². The summed E-state index contributed by atoms with van der Waals surface area (Å²) < 4.78 is 0. The van der Waals surface area contributed by atoms with Crippen LogP contribution in [-0.2, 0) is 9.59 Å². The quantitative estimate of drug-likeness (QED) is 0.681. The second-order valence-electron chi connectivity index (χ2n) is 4.54. The molecule has 0 saturated heterocycles. The SMILES string of the molecule is CN/C=C\C(CCC(=O)[C@H](C)NC(C)=O)=C(C)C. The largest absolute Gasteiger partial charge is 0.394 e. The third-order valence-corrected chi connectivity index (χ3v) is 2.64. The summed E-state index contributed by atoms with van der Waals surface area (Å²) in [6, 6.07) is -0.408. The summed E-state index contributed by atoms with van der Waals surface area (Å²) in [5.74, 6) is -0.116. The number of hydrogen-bond acceptors (Lipinski definition) is 3. The van der Waals surface area contributed by atoms with Crippen molar-refractivity contribution < 1.29 is 9.59 Å². The first-order valence-electron chi connectivity index (χ1n) is 6.18. The first kappa shape index (κ1) is 16.4. The smallest absolute Gasteiger partial charge is 0.217 e. The van der Waals surface area contributed by atoms with E-state index in [-0.39, 0.29) is 11.7 Å². The van der Waals surface area contributed by atoms with Crippen molar-refractivity contribution in [1.82, 2.24) is 10.6 Å². The molecule has 0 spiro atoms. The molecule has 4 nitrogen and oxygen atoms in total. The number of nitrogens with one attached hydrogen (secondary N) is 2. The van der Waals surface area contributed by atoms with Gasteiger partial charge in [-0.2, -0.15) is 0 Å². The molecule has 0 unspecified atom stereocenters. The summed E-state index contributed by atoms with van der Waals surface area (Å²) >= 11 is 0. The molecule has 0 aromatic carbocycles. The number of ketones is 1. The highest BCUT2D eigenvalue weighted by Gasteiger charge is 2.13. The minimum atomic E-state index is -0.408. The second-order valence-corrected chi connectivity index (χ2v) is 4.54. The molecular weight excluding hydrogens is 228 g/mol. The van der Waals surface area contributed by atoms with Crippen molar-refractivity contribution in [3.8, 4) is 0 Å². The minimum Gasteiger partial charge on any atom is -0.394 e. The van der Waals surface area contributed by atoms with E-state index in [0.29, 0.717) is 12.8 Å². The van der Waals surface area contributed by atoms with Crippen LogP contribution >= 0.6 is 0 Å². The maximum atomic E-state index is 11.8. The van der Waals surface area contributed by atoms with Gasteiger partial charge in [0, 0.05) is 20.4 Å². The number of rotatable bonds is 7. The average molecular weight is 252 g/mol. The summed E-state index contributed by atoms with van der Waals surface area (Å²) in [5, 5.41) is 5.54. The van der Waals surface area contributed by atoms with E-state index in [0.717, 1.165) is 5.57 Å². The normalized spacial score (nSPS) is 12.1. The molecule has 0 bridgehead atoms. The molecule has 0 saturated carbocycles. The van der Waals surface area contributed by atoms with Gasteiger partial charge in [-0.3, -0.25) is 9.59 Å². The van der Waals surface area contributed by atoms with Crippen LogP contribution in [0.1, 0.15) is 40.5 Å². The Kier molecular flexibility index (Phi) is 7.76. The summed E-state index contributed by atoms with van der Waals surface area (Å²) in [7, 11) is 1.84. The molecular formula is C14H24N2O2. The third-order valence-electron chi connectivity index (χ3n) is 2.64. The lowest BCUT2D eigenvalue weighted by Gasteiger charge is -2.12. The van der Waals surface area contributed by atoms with Crippen molar-refractivity contribution in [3.05, 3.63) is 23.4 Å². The van der Waals surface area contributed by atoms with E-state index < -0.39 is 6.04 Å². The Bertz CT molecular complexity index is 353. The molecule has 0 rings (SSSR count). The average Bonchev–Trinajstić information content (AvgIpc) is 2.27. The van der Waals surface area contributed by atoms with E-state index in [1.165, 1.54) is 12.5 Å². The lowest BCUT2D eigenvalue weighted by molar-refractivity contribution is -0.126. The molecule has 102 valence electrons. The number of carbonyl (C=O) groups is 2. The van der Waals surface area contributed by atoms with Crippen molar-refractivity contribution in [2.24, 2.45) is 0 Å². The van der Waals surface area contributed by atoms with Crippen LogP contribution in [0.3, 0.4) is 0 Å². The zero-order valence-corrected chi connectivity index (χ0v) is 12.0. The maximum absolute atomic E-state index is 11.8. The van der Waals surface area contributed by atoms with Gasteiger partial charge in [0.25, 0.3) is 0 Å². The van der Waals surface area contributed by atoms with Crippen molar-refractivity contribution in [2.45, 2.75) is 46.6 Å². The molecule has 18 heavy (non-hydrogen) atoms. The molecule has 4 heteroatoms. The lowest BCUT2D eigenvalue weighted by atomic mass is 10.0. The van der Waals surface area contributed by atoms with Crippen LogP contribution in [0.15, 0.2) is 23.4 Å². The van der Waals surface area contributed by atoms with E-state index >= 15 is 0 Å². The molecule has 0 fully saturated rings. The molecule has 2 N–H and O–H groups in total. The van der Waals surface area contributed by atoms with Gasteiger partial charge in [-0.05, 0) is 45.0 Å². The fourth-order valence-electron chi connectivity index (χ4n) is 1.54. The van der Waals surface area contributed by atoms with Crippen molar-refractivity contribution >= 4 is 11.7 Å². The van der Waals surface area contributed by atoms with Crippen LogP contribution in [0.2, 0.25) is 0 Å². The number of carbonyl (C=O) groups excluding carboxylic acids is 2. The van der Waals surface area contributed by atoms with E-state index in [1.807, 2.05) is 33.2 Å². The molecule has 0 aliphatic carbocycles. The molecule has 0 aromatic rings. The van der Waals surface area contributed by atoms with Crippen molar-refractivity contribution in [2.75, 3.05) is 7.05 Å².